The molecular formula is C12H29NOSi. The SMILES string of the molecule is CCC[Si](NC(C)CC)(OC)C(C)(C)C. The zero-order valence-electron chi connectivity index (χ0n) is 11.6. The molecule has 0 saturated carbocycles. The smallest absolute Gasteiger partial charge is 0.274 e. The molecule has 2 atom stereocenters. The third-order valence-corrected chi connectivity index (χ3v) is 8.54. The monoisotopic (exact) mass is 231 g/mol. The lowest BCUT2D eigenvalue weighted by Gasteiger charge is -2.43. The highest BCUT2D eigenvalue weighted by atomic mass is 28.4. The van der Waals surface area contributed by atoms with Gasteiger partial charge in [-0.1, -0.05) is 48.0 Å². The molecule has 0 aromatic heterocycles. The van der Waals surface area contributed by atoms with E-state index in [0.717, 1.165) is 6.42 Å². The average molecular weight is 231 g/mol. The van der Waals surface area contributed by atoms with Crippen LogP contribution in [0.3, 0.4) is 0 Å². The fraction of sp³-hybridized carbons (Fsp3) is 1.00. The van der Waals surface area contributed by atoms with Crippen molar-refractivity contribution in [3.8, 4) is 0 Å². The lowest BCUT2D eigenvalue weighted by Crippen LogP contribution is -2.61. The van der Waals surface area contributed by atoms with Gasteiger partial charge >= 0.3 is 0 Å². The highest BCUT2D eigenvalue weighted by molar-refractivity contribution is 6.74. The molecule has 0 rings (SSSR count). The van der Waals surface area contributed by atoms with E-state index in [2.05, 4.69) is 46.5 Å². The lowest BCUT2D eigenvalue weighted by atomic mass is 10.2. The first kappa shape index (κ1) is 15.1. The van der Waals surface area contributed by atoms with Gasteiger partial charge in [-0.05, 0) is 23.5 Å². The molecule has 2 nitrogen and oxygen atoms in total. The molecule has 2 unspecified atom stereocenters. The fourth-order valence-corrected chi connectivity index (χ4v) is 5.95. The van der Waals surface area contributed by atoms with E-state index in [4.69, 9.17) is 4.43 Å². The molecule has 0 heterocycles. The van der Waals surface area contributed by atoms with Gasteiger partial charge in [-0.25, -0.2) is 0 Å². The molecular weight excluding hydrogens is 202 g/mol. The molecule has 15 heavy (non-hydrogen) atoms. The Kier molecular flexibility index (Phi) is 6.07. The summed E-state index contributed by atoms with van der Waals surface area (Å²) in [7, 11) is 0.0724. The Balaban J connectivity index is 4.81. The van der Waals surface area contributed by atoms with Gasteiger partial charge in [0.15, 0.2) is 0 Å². The van der Waals surface area contributed by atoms with Gasteiger partial charge in [0, 0.05) is 7.11 Å². The lowest BCUT2D eigenvalue weighted by molar-refractivity contribution is 0.332. The maximum atomic E-state index is 5.94. The van der Waals surface area contributed by atoms with Crippen LogP contribution < -0.4 is 4.98 Å². The summed E-state index contributed by atoms with van der Waals surface area (Å²) in [5, 5.41) is 0.251. The molecule has 3 heteroatoms. The molecule has 0 spiro atoms. The van der Waals surface area contributed by atoms with Gasteiger partial charge in [0.25, 0.3) is 8.48 Å². The van der Waals surface area contributed by atoms with Crippen molar-refractivity contribution in [3.63, 3.8) is 0 Å². The minimum absolute atomic E-state index is 0.251. The van der Waals surface area contributed by atoms with E-state index >= 15 is 0 Å². The Hall–Kier alpha value is 0.137. The zero-order valence-corrected chi connectivity index (χ0v) is 12.6. The van der Waals surface area contributed by atoms with Crippen LogP contribution in [0.5, 0.6) is 0 Å². The van der Waals surface area contributed by atoms with Gasteiger partial charge in [-0.2, -0.15) is 0 Å². The Labute approximate surface area is 97.0 Å². The topological polar surface area (TPSA) is 21.3 Å². The summed E-state index contributed by atoms with van der Waals surface area (Å²) in [5.74, 6) is 0. The average Bonchev–Trinajstić information content (AvgIpc) is 2.15. The summed E-state index contributed by atoms with van der Waals surface area (Å²) in [5.41, 5.74) is 0. The Bertz CT molecular complexity index is 179. The van der Waals surface area contributed by atoms with Crippen LogP contribution in [0.25, 0.3) is 0 Å². The van der Waals surface area contributed by atoms with Crippen LogP contribution >= 0.6 is 0 Å². The molecule has 0 aliphatic rings. The van der Waals surface area contributed by atoms with Crippen LogP contribution in [0.2, 0.25) is 11.1 Å². The van der Waals surface area contributed by atoms with E-state index in [-0.39, 0.29) is 5.04 Å². The molecule has 0 aromatic carbocycles. The standard InChI is InChI=1S/C12H29NOSi/c1-8-10-15(14-7,12(4,5)6)13-11(3)9-2/h11,13H,8-10H2,1-7H3. The van der Waals surface area contributed by atoms with Crippen LogP contribution in [0.15, 0.2) is 0 Å². The van der Waals surface area contributed by atoms with Crippen molar-refractivity contribution in [1.82, 2.24) is 4.98 Å². The summed E-state index contributed by atoms with van der Waals surface area (Å²) in [6.45, 7) is 13.6. The first-order valence-electron chi connectivity index (χ1n) is 6.15. The van der Waals surface area contributed by atoms with E-state index in [1.807, 2.05) is 7.11 Å². The van der Waals surface area contributed by atoms with E-state index in [9.17, 15) is 0 Å². The molecule has 0 fully saturated rings. The van der Waals surface area contributed by atoms with Crippen molar-refractivity contribution in [2.75, 3.05) is 7.11 Å². The predicted molar refractivity (Wildman–Crippen MR) is 70.5 cm³/mol. The second kappa shape index (κ2) is 6.02. The molecule has 0 aliphatic heterocycles. The van der Waals surface area contributed by atoms with Gasteiger partial charge in [-0.15, -0.1) is 0 Å². The van der Waals surface area contributed by atoms with Crippen molar-refractivity contribution >= 4 is 8.48 Å². The third kappa shape index (κ3) is 3.89. The van der Waals surface area contributed by atoms with Gasteiger partial charge in [0.2, 0.25) is 0 Å². The maximum absolute atomic E-state index is 5.94. The molecule has 0 saturated heterocycles. The normalized spacial score (nSPS) is 18.6. The Morgan fingerprint density at radius 3 is 2.07 bits per heavy atom. The molecule has 0 bridgehead atoms. The van der Waals surface area contributed by atoms with Crippen molar-refractivity contribution < 1.29 is 4.43 Å². The summed E-state index contributed by atoms with van der Waals surface area (Å²) in [4.78, 5) is 3.79. The largest absolute Gasteiger partial charge is 0.406 e. The highest BCUT2D eigenvalue weighted by Crippen LogP contribution is 2.38. The fourth-order valence-electron chi connectivity index (χ4n) is 1.98. The van der Waals surface area contributed by atoms with E-state index in [1.54, 1.807) is 0 Å². The second-order valence-electron chi connectivity index (χ2n) is 5.48. The highest BCUT2D eigenvalue weighted by Gasteiger charge is 2.46. The number of hydrogen-bond donors (Lipinski definition) is 1. The molecule has 0 aliphatic carbocycles. The summed E-state index contributed by atoms with van der Waals surface area (Å²) in [6.07, 6.45) is 2.36. The first-order chi connectivity index (χ1) is 6.83. The maximum Gasteiger partial charge on any atom is 0.274 e. The zero-order chi connectivity index (χ0) is 12.1. The van der Waals surface area contributed by atoms with Crippen LogP contribution in [-0.4, -0.2) is 21.6 Å². The van der Waals surface area contributed by atoms with E-state index in [1.165, 1.54) is 12.5 Å². The van der Waals surface area contributed by atoms with Crippen LogP contribution in [0, 0.1) is 0 Å². The minimum atomic E-state index is -1.81. The van der Waals surface area contributed by atoms with Crippen LogP contribution in [0.4, 0.5) is 0 Å². The van der Waals surface area contributed by atoms with Crippen molar-refractivity contribution in [1.29, 1.82) is 0 Å². The van der Waals surface area contributed by atoms with Gasteiger partial charge in [0.1, 0.15) is 0 Å². The molecule has 92 valence electrons. The van der Waals surface area contributed by atoms with Crippen molar-refractivity contribution in [3.05, 3.63) is 0 Å². The number of rotatable bonds is 6. The van der Waals surface area contributed by atoms with Crippen LogP contribution in [0.1, 0.15) is 54.4 Å². The van der Waals surface area contributed by atoms with Gasteiger partial charge < -0.3 is 9.41 Å². The van der Waals surface area contributed by atoms with Gasteiger partial charge in [0.05, 0.1) is 0 Å². The van der Waals surface area contributed by atoms with Crippen LogP contribution in [-0.2, 0) is 4.43 Å². The molecule has 0 radical (unpaired) electrons. The van der Waals surface area contributed by atoms with E-state index < -0.39 is 8.48 Å². The number of hydrogen-bond acceptors (Lipinski definition) is 2. The van der Waals surface area contributed by atoms with Crippen molar-refractivity contribution in [2.24, 2.45) is 0 Å². The molecule has 0 aromatic rings. The quantitative estimate of drug-likeness (QED) is 0.704. The Morgan fingerprint density at radius 1 is 1.27 bits per heavy atom. The molecule has 1 N–H and O–H groups in total. The first-order valence-corrected chi connectivity index (χ1v) is 8.27. The molecule has 0 amide bonds. The van der Waals surface area contributed by atoms with E-state index in [0.29, 0.717) is 6.04 Å². The van der Waals surface area contributed by atoms with Crippen molar-refractivity contribution in [2.45, 2.75) is 71.5 Å². The minimum Gasteiger partial charge on any atom is -0.406 e. The summed E-state index contributed by atoms with van der Waals surface area (Å²) >= 11 is 0. The third-order valence-electron chi connectivity index (χ3n) is 3.25. The van der Waals surface area contributed by atoms with Gasteiger partial charge in [-0.3, -0.25) is 0 Å². The second-order valence-corrected chi connectivity index (χ2v) is 9.84. The Morgan fingerprint density at radius 2 is 1.80 bits per heavy atom. The number of nitrogens with one attached hydrogen (secondary N) is 1. The summed E-state index contributed by atoms with van der Waals surface area (Å²) < 4.78 is 5.94. The predicted octanol–water partition coefficient (Wildman–Crippen LogP) is 3.67. The summed E-state index contributed by atoms with van der Waals surface area (Å²) in [6, 6.07) is 1.75.